The van der Waals surface area contributed by atoms with E-state index in [0.29, 0.717) is 61.8 Å². The standard InChI is InChI=1S/C37H62O6/c1-7-28(26(2)3)9-8-27(4)32-12-13-33-31-11-10-29-24-30(14-16-36(29,5)34(31)15-17-37(32,33)6)43-23-22-41-19-18-40-20-21-42-25-35(38)39/h8-10,26-28,30-34H,7,11-25H2,1-6H3,(H,38,39)/b9-8+/t27-,28-,30+,31+,32-,33?,34-,36+,37-/m1/s1. The fraction of sp³-hybridized carbons (Fsp3) is 0.865. The van der Waals surface area contributed by atoms with Crippen molar-refractivity contribution < 1.29 is 28.8 Å². The first kappa shape index (κ1) is 34.7. The summed E-state index contributed by atoms with van der Waals surface area (Å²) in [5, 5.41) is 8.55. The third-order valence-corrected chi connectivity index (χ3v) is 12.3. The highest BCUT2D eigenvalue weighted by Crippen LogP contribution is 2.67. The SMILES string of the molecule is CC[C@H](/C=C/[C@@H](C)[C@H]1CCC2[C@@H]3CC=C4C[C@@H](OCCOCCOCCOCC(=O)O)CC[C@]4(C)[C@@H]3CC[C@@]21C)C(C)C. The van der Waals surface area contributed by atoms with Gasteiger partial charge in [-0.1, -0.05) is 65.3 Å². The number of fused-ring (bicyclic) bond motifs is 5. The highest BCUT2D eigenvalue weighted by atomic mass is 16.6. The zero-order chi connectivity index (χ0) is 31.0. The fourth-order valence-corrected chi connectivity index (χ4v) is 9.83. The van der Waals surface area contributed by atoms with Crippen molar-refractivity contribution in [2.24, 2.45) is 52.3 Å². The minimum absolute atomic E-state index is 0.281. The zero-order valence-electron chi connectivity index (χ0n) is 28.2. The van der Waals surface area contributed by atoms with Gasteiger partial charge in [-0.15, -0.1) is 0 Å². The Hall–Kier alpha value is -1.21. The van der Waals surface area contributed by atoms with Gasteiger partial charge in [0.25, 0.3) is 0 Å². The van der Waals surface area contributed by atoms with E-state index in [1.54, 1.807) is 5.57 Å². The predicted octanol–water partition coefficient (Wildman–Crippen LogP) is 7.96. The van der Waals surface area contributed by atoms with Crippen molar-refractivity contribution in [3.05, 3.63) is 23.8 Å². The van der Waals surface area contributed by atoms with E-state index in [4.69, 9.17) is 24.1 Å². The largest absolute Gasteiger partial charge is 0.480 e. The lowest BCUT2D eigenvalue weighted by Gasteiger charge is -2.58. The van der Waals surface area contributed by atoms with Gasteiger partial charge in [-0.05, 0) is 110 Å². The van der Waals surface area contributed by atoms with Crippen LogP contribution in [0.1, 0.15) is 99.3 Å². The highest BCUT2D eigenvalue weighted by Gasteiger charge is 2.59. The molecule has 0 spiro atoms. The molecule has 3 fully saturated rings. The zero-order valence-corrected chi connectivity index (χ0v) is 28.2. The van der Waals surface area contributed by atoms with E-state index in [1.165, 1.54) is 44.9 Å². The van der Waals surface area contributed by atoms with Crippen molar-refractivity contribution in [2.45, 2.75) is 105 Å². The minimum atomic E-state index is -0.963. The maximum absolute atomic E-state index is 10.4. The maximum atomic E-state index is 10.4. The molecule has 1 N–H and O–H groups in total. The second kappa shape index (κ2) is 15.9. The molecule has 4 aliphatic rings. The van der Waals surface area contributed by atoms with Crippen LogP contribution in [0.25, 0.3) is 0 Å². The van der Waals surface area contributed by atoms with Gasteiger partial charge in [0.2, 0.25) is 0 Å². The fourth-order valence-electron chi connectivity index (χ4n) is 9.83. The van der Waals surface area contributed by atoms with Crippen LogP contribution in [0.4, 0.5) is 0 Å². The quantitative estimate of drug-likeness (QED) is 0.134. The monoisotopic (exact) mass is 602 g/mol. The molecule has 0 aromatic heterocycles. The number of carbonyl (C=O) groups is 1. The normalized spacial score (nSPS) is 35.3. The summed E-state index contributed by atoms with van der Waals surface area (Å²) in [4.78, 5) is 10.4. The summed E-state index contributed by atoms with van der Waals surface area (Å²) in [5.41, 5.74) is 2.52. The van der Waals surface area contributed by atoms with Crippen molar-refractivity contribution in [3.8, 4) is 0 Å². The smallest absolute Gasteiger partial charge is 0.329 e. The summed E-state index contributed by atoms with van der Waals surface area (Å²) < 4.78 is 22.3. The topological polar surface area (TPSA) is 74.2 Å². The summed E-state index contributed by atoms with van der Waals surface area (Å²) in [6.07, 6.45) is 19.8. The first-order valence-corrected chi connectivity index (χ1v) is 17.5. The number of hydrogen-bond acceptors (Lipinski definition) is 5. The first-order valence-electron chi connectivity index (χ1n) is 17.5. The van der Waals surface area contributed by atoms with E-state index in [2.05, 4.69) is 59.8 Å². The van der Waals surface area contributed by atoms with Gasteiger partial charge in [0.15, 0.2) is 0 Å². The molecule has 0 aromatic rings. The predicted molar refractivity (Wildman–Crippen MR) is 172 cm³/mol. The molecule has 43 heavy (non-hydrogen) atoms. The molecule has 4 aliphatic carbocycles. The molecule has 0 saturated heterocycles. The molecule has 1 unspecified atom stereocenters. The van der Waals surface area contributed by atoms with Crippen LogP contribution in [-0.2, 0) is 23.7 Å². The summed E-state index contributed by atoms with van der Waals surface area (Å²) >= 11 is 0. The highest BCUT2D eigenvalue weighted by molar-refractivity contribution is 5.67. The first-order chi connectivity index (χ1) is 20.6. The Bertz CT molecular complexity index is 943. The molecule has 0 aromatic carbocycles. The van der Waals surface area contributed by atoms with Gasteiger partial charge in [-0.2, -0.15) is 0 Å². The molecular formula is C37H62O6. The lowest BCUT2D eigenvalue weighted by atomic mass is 9.47. The van der Waals surface area contributed by atoms with Gasteiger partial charge in [0.1, 0.15) is 6.61 Å². The minimum Gasteiger partial charge on any atom is -0.480 e. The van der Waals surface area contributed by atoms with E-state index in [9.17, 15) is 4.79 Å². The maximum Gasteiger partial charge on any atom is 0.329 e. The van der Waals surface area contributed by atoms with Gasteiger partial charge in [0, 0.05) is 0 Å². The Morgan fingerprint density at radius 2 is 1.63 bits per heavy atom. The van der Waals surface area contributed by atoms with E-state index in [1.807, 2.05) is 0 Å². The Morgan fingerprint density at radius 1 is 0.930 bits per heavy atom. The third-order valence-electron chi connectivity index (χ3n) is 12.3. The van der Waals surface area contributed by atoms with Crippen molar-refractivity contribution in [1.29, 1.82) is 0 Å². The second-order valence-corrected chi connectivity index (χ2v) is 15.0. The summed E-state index contributed by atoms with van der Waals surface area (Å²) in [5.74, 6) is 4.54. The van der Waals surface area contributed by atoms with Crippen LogP contribution in [0, 0.1) is 52.3 Å². The molecular weight excluding hydrogens is 540 g/mol. The van der Waals surface area contributed by atoms with Gasteiger partial charge in [0.05, 0.1) is 45.7 Å². The van der Waals surface area contributed by atoms with Crippen LogP contribution in [-0.4, -0.2) is 63.4 Å². The van der Waals surface area contributed by atoms with Crippen LogP contribution in [0.15, 0.2) is 23.8 Å². The number of aliphatic carboxylic acids is 1. The van der Waals surface area contributed by atoms with Gasteiger partial charge < -0.3 is 24.1 Å². The van der Waals surface area contributed by atoms with Gasteiger partial charge in [-0.25, -0.2) is 4.79 Å². The molecule has 4 rings (SSSR count). The molecule has 0 amide bonds. The third kappa shape index (κ3) is 8.34. The van der Waals surface area contributed by atoms with Crippen molar-refractivity contribution >= 4 is 5.97 Å². The Balaban J connectivity index is 1.22. The molecule has 0 radical (unpaired) electrons. The number of carboxylic acids is 1. The van der Waals surface area contributed by atoms with Gasteiger partial charge in [-0.3, -0.25) is 0 Å². The molecule has 0 bridgehead atoms. The summed E-state index contributed by atoms with van der Waals surface area (Å²) in [7, 11) is 0. The number of allylic oxidation sites excluding steroid dienone is 3. The molecule has 0 heterocycles. The van der Waals surface area contributed by atoms with Crippen LogP contribution in [0.5, 0.6) is 0 Å². The lowest BCUT2D eigenvalue weighted by Crippen LogP contribution is -2.51. The van der Waals surface area contributed by atoms with Crippen molar-refractivity contribution in [3.63, 3.8) is 0 Å². The average molecular weight is 603 g/mol. The van der Waals surface area contributed by atoms with E-state index in [0.717, 1.165) is 42.4 Å². The van der Waals surface area contributed by atoms with Gasteiger partial charge >= 0.3 is 5.97 Å². The van der Waals surface area contributed by atoms with Crippen LogP contribution >= 0.6 is 0 Å². The number of rotatable bonds is 17. The molecule has 3 saturated carbocycles. The number of hydrogen-bond donors (Lipinski definition) is 1. The molecule has 6 nitrogen and oxygen atoms in total. The summed E-state index contributed by atoms with van der Waals surface area (Å²) in [6.45, 7) is 17.4. The van der Waals surface area contributed by atoms with E-state index >= 15 is 0 Å². The average Bonchev–Trinajstić information content (AvgIpc) is 3.33. The van der Waals surface area contributed by atoms with Crippen LogP contribution in [0.3, 0.4) is 0 Å². The molecule has 246 valence electrons. The number of carboxylic acid groups (broad SMARTS) is 1. The van der Waals surface area contributed by atoms with E-state index in [-0.39, 0.29) is 13.2 Å². The number of ether oxygens (including phenoxy) is 4. The molecule has 6 heteroatoms. The Morgan fingerprint density at radius 3 is 2.30 bits per heavy atom. The molecule has 0 aliphatic heterocycles. The molecule has 9 atom stereocenters. The lowest BCUT2D eigenvalue weighted by molar-refractivity contribution is -0.142. The van der Waals surface area contributed by atoms with Crippen LogP contribution < -0.4 is 0 Å². The van der Waals surface area contributed by atoms with Crippen LogP contribution in [0.2, 0.25) is 0 Å². The second-order valence-electron chi connectivity index (χ2n) is 15.0. The Kier molecular flexibility index (Phi) is 12.8. The van der Waals surface area contributed by atoms with E-state index < -0.39 is 5.97 Å². The van der Waals surface area contributed by atoms with Crippen molar-refractivity contribution in [2.75, 3.05) is 46.2 Å². The Labute approximate surface area is 262 Å². The summed E-state index contributed by atoms with van der Waals surface area (Å²) in [6, 6.07) is 0. The van der Waals surface area contributed by atoms with Crippen molar-refractivity contribution in [1.82, 2.24) is 0 Å².